The largest absolute Gasteiger partial charge is 0.306 e. The van der Waals surface area contributed by atoms with Crippen LogP contribution in [0.4, 0.5) is 0 Å². The van der Waals surface area contributed by atoms with E-state index in [1.54, 1.807) is 12.1 Å². The Hall–Kier alpha value is 0.0500. The number of halogens is 3. The van der Waals surface area contributed by atoms with Crippen LogP contribution < -0.4 is 5.32 Å². The van der Waals surface area contributed by atoms with Gasteiger partial charge in [0.1, 0.15) is 0 Å². The Bertz CT molecular complexity index is 361. The van der Waals surface area contributed by atoms with Crippen molar-refractivity contribution in [2.75, 3.05) is 0 Å². The second kappa shape index (κ2) is 5.59. The van der Waals surface area contributed by atoms with Crippen molar-refractivity contribution in [2.24, 2.45) is 0 Å². The average molecular weight is 281 g/mol. The molecule has 0 saturated heterocycles. The maximum atomic E-state index is 6.09. The summed E-state index contributed by atoms with van der Waals surface area (Å²) in [6.07, 6.45) is 0. The summed E-state index contributed by atoms with van der Waals surface area (Å²) < 4.78 is 0. The molecule has 1 rings (SSSR count). The van der Waals surface area contributed by atoms with E-state index in [1.807, 2.05) is 13.0 Å². The van der Waals surface area contributed by atoms with Crippen molar-refractivity contribution < 1.29 is 0 Å². The number of nitrogens with one attached hydrogen (secondary N) is 1. The predicted octanol–water partition coefficient (Wildman–Crippen LogP) is 4.49. The van der Waals surface area contributed by atoms with Crippen LogP contribution in [0.3, 0.4) is 0 Å². The molecular weight excluding hydrogens is 264 g/mol. The first kappa shape index (κ1) is 14.1. The molecule has 0 spiro atoms. The fourth-order valence-corrected chi connectivity index (χ4v) is 1.60. The molecule has 0 saturated carbocycles. The van der Waals surface area contributed by atoms with Crippen LogP contribution in [0.25, 0.3) is 0 Å². The SMILES string of the molecule is CC(Cl)C(C)(C)NCc1cc(Cl)ccc1Cl. The molecule has 0 bridgehead atoms. The first-order chi connectivity index (χ1) is 7.33. The summed E-state index contributed by atoms with van der Waals surface area (Å²) in [7, 11) is 0. The number of rotatable bonds is 4. The summed E-state index contributed by atoms with van der Waals surface area (Å²) in [6, 6.07) is 5.45. The van der Waals surface area contributed by atoms with Gasteiger partial charge in [-0.1, -0.05) is 23.2 Å². The Balaban J connectivity index is 2.71. The summed E-state index contributed by atoms with van der Waals surface area (Å²) in [5, 5.41) is 4.81. The number of alkyl halides is 1. The molecule has 0 aliphatic heterocycles. The molecule has 16 heavy (non-hydrogen) atoms. The van der Waals surface area contributed by atoms with Gasteiger partial charge >= 0.3 is 0 Å². The van der Waals surface area contributed by atoms with Gasteiger partial charge in [0, 0.05) is 27.5 Å². The molecule has 0 amide bonds. The van der Waals surface area contributed by atoms with E-state index in [2.05, 4.69) is 19.2 Å². The van der Waals surface area contributed by atoms with Crippen LogP contribution in [0.15, 0.2) is 18.2 Å². The quantitative estimate of drug-likeness (QED) is 0.801. The van der Waals surface area contributed by atoms with Crippen LogP contribution in [-0.2, 0) is 6.54 Å². The van der Waals surface area contributed by atoms with Crippen LogP contribution in [0.5, 0.6) is 0 Å². The van der Waals surface area contributed by atoms with Gasteiger partial charge in [0.2, 0.25) is 0 Å². The van der Waals surface area contributed by atoms with Crippen LogP contribution >= 0.6 is 34.8 Å². The third-order valence-electron chi connectivity index (χ3n) is 2.74. The van der Waals surface area contributed by atoms with Crippen LogP contribution in [0.1, 0.15) is 26.3 Å². The van der Waals surface area contributed by atoms with E-state index < -0.39 is 0 Å². The van der Waals surface area contributed by atoms with E-state index in [9.17, 15) is 0 Å². The summed E-state index contributed by atoms with van der Waals surface area (Å²) in [4.78, 5) is 0. The molecule has 0 fully saturated rings. The van der Waals surface area contributed by atoms with Gasteiger partial charge < -0.3 is 5.32 Å². The van der Waals surface area contributed by atoms with Gasteiger partial charge in [-0.2, -0.15) is 0 Å². The molecule has 1 aromatic carbocycles. The van der Waals surface area contributed by atoms with E-state index >= 15 is 0 Å². The lowest BCUT2D eigenvalue weighted by molar-refractivity contribution is 0.380. The molecule has 1 N–H and O–H groups in total. The first-order valence-corrected chi connectivity index (χ1v) is 6.35. The summed E-state index contributed by atoms with van der Waals surface area (Å²) in [6.45, 7) is 6.74. The molecule has 90 valence electrons. The van der Waals surface area contributed by atoms with E-state index in [0.717, 1.165) is 10.6 Å². The highest BCUT2D eigenvalue weighted by molar-refractivity contribution is 6.33. The van der Waals surface area contributed by atoms with Gasteiger partial charge in [-0.05, 0) is 44.5 Å². The predicted molar refractivity (Wildman–Crippen MR) is 72.7 cm³/mol. The molecule has 1 atom stereocenters. The second-order valence-electron chi connectivity index (χ2n) is 4.43. The minimum absolute atomic E-state index is 0.0328. The molecule has 1 nitrogen and oxygen atoms in total. The Morgan fingerprint density at radius 3 is 2.50 bits per heavy atom. The van der Waals surface area contributed by atoms with Gasteiger partial charge in [-0.3, -0.25) is 0 Å². The molecule has 0 aliphatic rings. The minimum atomic E-state index is -0.146. The van der Waals surface area contributed by atoms with Crippen LogP contribution in [0, 0.1) is 0 Å². The van der Waals surface area contributed by atoms with Crippen LogP contribution in [-0.4, -0.2) is 10.9 Å². The van der Waals surface area contributed by atoms with Crippen molar-refractivity contribution in [3.63, 3.8) is 0 Å². The molecule has 1 aromatic rings. The molecular formula is C12H16Cl3N. The van der Waals surface area contributed by atoms with Crippen molar-refractivity contribution in [3.05, 3.63) is 33.8 Å². The van der Waals surface area contributed by atoms with E-state index in [1.165, 1.54) is 0 Å². The van der Waals surface area contributed by atoms with Crippen molar-refractivity contribution >= 4 is 34.8 Å². The van der Waals surface area contributed by atoms with Gasteiger partial charge in [-0.15, -0.1) is 11.6 Å². The fourth-order valence-electron chi connectivity index (χ4n) is 1.14. The Morgan fingerprint density at radius 2 is 1.94 bits per heavy atom. The van der Waals surface area contributed by atoms with Crippen molar-refractivity contribution in [2.45, 2.75) is 38.2 Å². The lowest BCUT2D eigenvalue weighted by atomic mass is 10.0. The van der Waals surface area contributed by atoms with E-state index in [-0.39, 0.29) is 10.9 Å². The zero-order valence-electron chi connectivity index (χ0n) is 9.65. The topological polar surface area (TPSA) is 12.0 Å². The third-order valence-corrected chi connectivity index (χ3v) is 3.89. The van der Waals surface area contributed by atoms with Crippen molar-refractivity contribution in [3.8, 4) is 0 Å². The molecule has 0 aliphatic carbocycles. The number of hydrogen-bond acceptors (Lipinski definition) is 1. The lowest BCUT2D eigenvalue weighted by Crippen LogP contribution is -2.45. The molecule has 1 unspecified atom stereocenters. The third kappa shape index (κ3) is 3.81. The number of benzene rings is 1. The van der Waals surface area contributed by atoms with E-state index in [0.29, 0.717) is 11.6 Å². The van der Waals surface area contributed by atoms with E-state index in [4.69, 9.17) is 34.8 Å². The Labute approximate surface area is 112 Å². The van der Waals surface area contributed by atoms with Gasteiger partial charge in [0.05, 0.1) is 0 Å². The first-order valence-electron chi connectivity index (χ1n) is 5.16. The molecule has 4 heteroatoms. The summed E-state index contributed by atoms with van der Waals surface area (Å²) >= 11 is 18.1. The standard InChI is InChI=1S/C12H16Cl3N/c1-8(13)12(2,3)16-7-9-6-10(14)4-5-11(9)15/h4-6,8,16H,7H2,1-3H3. The maximum Gasteiger partial charge on any atom is 0.0484 e. The van der Waals surface area contributed by atoms with Gasteiger partial charge in [0.25, 0.3) is 0 Å². The monoisotopic (exact) mass is 279 g/mol. The Morgan fingerprint density at radius 1 is 1.31 bits per heavy atom. The summed E-state index contributed by atoms with van der Waals surface area (Å²) in [5.74, 6) is 0. The zero-order chi connectivity index (χ0) is 12.3. The highest BCUT2D eigenvalue weighted by atomic mass is 35.5. The Kier molecular flexibility index (Phi) is 4.93. The second-order valence-corrected chi connectivity index (χ2v) is 5.93. The molecule has 0 heterocycles. The average Bonchev–Trinajstić information content (AvgIpc) is 2.19. The highest BCUT2D eigenvalue weighted by Crippen LogP contribution is 2.22. The lowest BCUT2D eigenvalue weighted by Gasteiger charge is -2.29. The highest BCUT2D eigenvalue weighted by Gasteiger charge is 2.23. The smallest absolute Gasteiger partial charge is 0.0484 e. The number of hydrogen-bond donors (Lipinski definition) is 1. The normalized spacial score (nSPS) is 13.9. The minimum Gasteiger partial charge on any atom is -0.306 e. The maximum absolute atomic E-state index is 6.09. The molecule has 0 radical (unpaired) electrons. The van der Waals surface area contributed by atoms with Crippen molar-refractivity contribution in [1.29, 1.82) is 0 Å². The van der Waals surface area contributed by atoms with Crippen LogP contribution in [0.2, 0.25) is 10.0 Å². The molecule has 0 aromatic heterocycles. The fraction of sp³-hybridized carbons (Fsp3) is 0.500. The van der Waals surface area contributed by atoms with Crippen molar-refractivity contribution in [1.82, 2.24) is 5.32 Å². The zero-order valence-corrected chi connectivity index (χ0v) is 11.9. The van der Waals surface area contributed by atoms with Gasteiger partial charge in [0.15, 0.2) is 0 Å². The van der Waals surface area contributed by atoms with Gasteiger partial charge in [-0.25, -0.2) is 0 Å². The summed E-state index contributed by atoms with van der Waals surface area (Å²) in [5.41, 5.74) is 0.840.